The van der Waals surface area contributed by atoms with Crippen LogP contribution in [0.4, 0.5) is 0 Å². The van der Waals surface area contributed by atoms with Gasteiger partial charge in [0, 0.05) is 31.3 Å². The molecule has 7 nitrogen and oxygen atoms in total. The number of hydrogen-bond acceptors (Lipinski definition) is 7. The van der Waals surface area contributed by atoms with Crippen molar-refractivity contribution in [3.05, 3.63) is 46.2 Å². The van der Waals surface area contributed by atoms with Crippen LogP contribution < -0.4 is 15.4 Å². The molecule has 1 aromatic heterocycles. The Kier molecular flexibility index (Phi) is 7.26. The van der Waals surface area contributed by atoms with Gasteiger partial charge < -0.3 is 15.4 Å². The van der Waals surface area contributed by atoms with Crippen molar-refractivity contribution in [3.63, 3.8) is 0 Å². The predicted octanol–water partition coefficient (Wildman–Crippen LogP) is 1.21. The molecule has 0 amide bonds. The molecule has 2 N–H and O–H groups in total. The SMILES string of the molecule is CNC(=C[N+](=O)[O-])NCCSCc1ncccc1OC. The molecule has 8 heteroatoms. The van der Waals surface area contributed by atoms with Gasteiger partial charge in [-0.2, -0.15) is 11.8 Å². The molecule has 0 saturated heterocycles. The summed E-state index contributed by atoms with van der Waals surface area (Å²) in [6.07, 6.45) is 2.64. The zero-order chi connectivity index (χ0) is 14.8. The van der Waals surface area contributed by atoms with Gasteiger partial charge in [0.2, 0.25) is 0 Å². The molecule has 0 aliphatic heterocycles. The molecule has 20 heavy (non-hydrogen) atoms. The Morgan fingerprint density at radius 3 is 3.10 bits per heavy atom. The number of nitro groups is 1. The largest absolute Gasteiger partial charge is 0.495 e. The maximum absolute atomic E-state index is 10.3. The Bertz CT molecular complexity index is 468. The third-order valence-electron chi connectivity index (χ3n) is 2.37. The van der Waals surface area contributed by atoms with E-state index in [1.807, 2.05) is 12.1 Å². The third-order valence-corrected chi connectivity index (χ3v) is 3.34. The van der Waals surface area contributed by atoms with E-state index < -0.39 is 4.92 Å². The summed E-state index contributed by atoms with van der Waals surface area (Å²) in [5.41, 5.74) is 0.898. The molecule has 0 aromatic carbocycles. The summed E-state index contributed by atoms with van der Waals surface area (Å²) in [7, 11) is 3.25. The second-order valence-corrected chi connectivity index (χ2v) is 4.82. The number of nitrogens with one attached hydrogen (secondary N) is 2. The van der Waals surface area contributed by atoms with Crippen LogP contribution in [0.1, 0.15) is 5.69 Å². The number of methoxy groups -OCH3 is 1. The van der Waals surface area contributed by atoms with Gasteiger partial charge in [-0.25, -0.2) is 0 Å². The number of rotatable bonds is 9. The van der Waals surface area contributed by atoms with E-state index in [0.29, 0.717) is 12.4 Å². The van der Waals surface area contributed by atoms with Crippen molar-refractivity contribution in [1.29, 1.82) is 0 Å². The zero-order valence-corrected chi connectivity index (χ0v) is 12.3. The van der Waals surface area contributed by atoms with Crippen LogP contribution in [0, 0.1) is 10.1 Å². The summed E-state index contributed by atoms with van der Waals surface area (Å²) < 4.78 is 5.22. The molecule has 0 bridgehead atoms. The fraction of sp³-hybridized carbons (Fsp3) is 0.417. The van der Waals surface area contributed by atoms with Crippen LogP contribution >= 0.6 is 11.8 Å². The predicted molar refractivity (Wildman–Crippen MR) is 79.1 cm³/mol. The van der Waals surface area contributed by atoms with E-state index in [9.17, 15) is 10.1 Å². The van der Waals surface area contributed by atoms with E-state index in [-0.39, 0.29) is 0 Å². The van der Waals surface area contributed by atoms with Crippen molar-refractivity contribution in [2.24, 2.45) is 0 Å². The molecule has 1 aromatic rings. The average molecular weight is 298 g/mol. The van der Waals surface area contributed by atoms with E-state index in [2.05, 4.69) is 15.6 Å². The molecule has 0 fully saturated rings. The van der Waals surface area contributed by atoms with Gasteiger partial charge in [-0.15, -0.1) is 0 Å². The molecule has 0 radical (unpaired) electrons. The standard InChI is InChI=1S/C12H18N4O3S/c1-13-12(8-16(17)18)15-6-7-20-9-10-11(19-2)4-3-5-14-10/h3-5,8,13,15H,6-7,9H2,1-2H3. The first-order chi connectivity index (χ1) is 9.67. The van der Waals surface area contributed by atoms with Gasteiger partial charge in [0.15, 0.2) is 5.82 Å². The molecule has 110 valence electrons. The molecule has 0 atom stereocenters. The normalized spacial score (nSPS) is 11.0. The molecule has 1 rings (SSSR count). The number of aromatic nitrogens is 1. The highest BCUT2D eigenvalue weighted by Crippen LogP contribution is 2.19. The first-order valence-electron chi connectivity index (χ1n) is 6.00. The van der Waals surface area contributed by atoms with E-state index >= 15 is 0 Å². The van der Waals surface area contributed by atoms with Crippen LogP contribution in [0.25, 0.3) is 0 Å². The summed E-state index contributed by atoms with van der Waals surface area (Å²) in [6, 6.07) is 3.70. The molecular weight excluding hydrogens is 280 g/mol. The van der Waals surface area contributed by atoms with Crippen molar-refractivity contribution < 1.29 is 9.66 Å². The molecule has 0 unspecified atom stereocenters. The minimum absolute atomic E-state index is 0.394. The molecule has 1 heterocycles. The minimum Gasteiger partial charge on any atom is -0.495 e. The highest BCUT2D eigenvalue weighted by Gasteiger charge is 2.03. The quantitative estimate of drug-likeness (QED) is 0.402. The number of nitrogens with zero attached hydrogens (tertiary/aromatic N) is 2. The minimum atomic E-state index is -0.495. The molecule has 0 saturated carbocycles. The van der Waals surface area contributed by atoms with Crippen molar-refractivity contribution >= 4 is 11.8 Å². The highest BCUT2D eigenvalue weighted by molar-refractivity contribution is 7.98. The second-order valence-electron chi connectivity index (χ2n) is 3.71. The van der Waals surface area contributed by atoms with E-state index in [1.54, 1.807) is 32.1 Å². The molecule has 0 aliphatic rings. The van der Waals surface area contributed by atoms with Gasteiger partial charge >= 0.3 is 0 Å². The van der Waals surface area contributed by atoms with Crippen LogP contribution in [-0.2, 0) is 5.75 Å². The summed E-state index contributed by atoms with van der Waals surface area (Å²) in [5, 5.41) is 16.0. The van der Waals surface area contributed by atoms with E-state index in [0.717, 1.165) is 29.1 Å². The van der Waals surface area contributed by atoms with Crippen LogP contribution in [0.2, 0.25) is 0 Å². The number of hydrogen-bond donors (Lipinski definition) is 2. The third kappa shape index (κ3) is 5.79. The summed E-state index contributed by atoms with van der Waals surface area (Å²) >= 11 is 1.68. The van der Waals surface area contributed by atoms with Crippen molar-refractivity contribution in [2.45, 2.75) is 5.75 Å². The lowest BCUT2D eigenvalue weighted by atomic mass is 10.3. The van der Waals surface area contributed by atoms with Gasteiger partial charge in [-0.3, -0.25) is 15.1 Å². The van der Waals surface area contributed by atoms with Crippen LogP contribution in [0.15, 0.2) is 30.4 Å². The highest BCUT2D eigenvalue weighted by atomic mass is 32.2. The number of thioether (sulfide) groups is 1. The van der Waals surface area contributed by atoms with Crippen LogP contribution in [0.5, 0.6) is 5.75 Å². The van der Waals surface area contributed by atoms with Gasteiger partial charge in [-0.1, -0.05) is 0 Å². The maximum Gasteiger partial charge on any atom is 0.274 e. The van der Waals surface area contributed by atoms with Gasteiger partial charge in [0.25, 0.3) is 6.20 Å². The Labute approximate surface area is 122 Å². The smallest absolute Gasteiger partial charge is 0.274 e. The zero-order valence-electron chi connectivity index (χ0n) is 11.5. The second kappa shape index (κ2) is 9.03. The summed E-state index contributed by atoms with van der Waals surface area (Å²) in [4.78, 5) is 14.1. The topological polar surface area (TPSA) is 89.3 Å². The first kappa shape index (κ1) is 16.1. The Hall–Kier alpha value is -1.96. The average Bonchev–Trinajstić information content (AvgIpc) is 2.45. The molecule has 0 aliphatic carbocycles. The number of ether oxygens (including phenoxy) is 1. The summed E-state index contributed by atoms with van der Waals surface area (Å²) in [6.45, 7) is 0.625. The van der Waals surface area contributed by atoms with Crippen molar-refractivity contribution in [2.75, 3.05) is 26.5 Å². The van der Waals surface area contributed by atoms with E-state index in [4.69, 9.17) is 4.74 Å². The fourth-order valence-electron chi connectivity index (χ4n) is 1.45. The molecule has 0 spiro atoms. The maximum atomic E-state index is 10.3. The first-order valence-corrected chi connectivity index (χ1v) is 7.15. The monoisotopic (exact) mass is 298 g/mol. The van der Waals surface area contributed by atoms with Crippen molar-refractivity contribution in [3.8, 4) is 5.75 Å². The van der Waals surface area contributed by atoms with Gasteiger partial charge in [-0.05, 0) is 12.1 Å². The molecular formula is C12H18N4O3S. The van der Waals surface area contributed by atoms with Crippen molar-refractivity contribution in [1.82, 2.24) is 15.6 Å². The summed E-state index contributed by atoms with van der Waals surface area (Å²) in [5.74, 6) is 2.71. The van der Waals surface area contributed by atoms with Crippen LogP contribution in [0.3, 0.4) is 0 Å². The fourth-order valence-corrected chi connectivity index (χ4v) is 2.25. The Morgan fingerprint density at radius 2 is 2.45 bits per heavy atom. The number of pyridine rings is 1. The lowest BCUT2D eigenvalue weighted by Gasteiger charge is -2.09. The van der Waals surface area contributed by atoms with E-state index in [1.165, 1.54) is 0 Å². The lowest BCUT2D eigenvalue weighted by molar-refractivity contribution is -0.404. The Balaban J connectivity index is 2.30. The van der Waals surface area contributed by atoms with Gasteiger partial charge in [0.1, 0.15) is 5.75 Å². The lowest BCUT2D eigenvalue weighted by Crippen LogP contribution is -2.26. The van der Waals surface area contributed by atoms with Crippen LogP contribution in [-0.4, -0.2) is 36.4 Å². The van der Waals surface area contributed by atoms with Gasteiger partial charge in [0.05, 0.1) is 17.7 Å². The Morgan fingerprint density at radius 1 is 1.65 bits per heavy atom.